The minimum absolute atomic E-state index is 0.183. The second kappa shape index (κ2) is 9.92. The van der Waals surface area contributed by atoms with Gasteiger partial charge in [-0.3, -0.25) is 4.79 Å². The fourth-order valence-corrected chi connectivity index (χ4v) is 4.33. The maximum atomic E-state index is 12.4. The summed E-state index contributed by atoms with van der Waals surface area (Å²) in [5.74, 6) is -0.183. The van der Waals surface area contributed by atoms with Gasteiger partial charge in [0.05, 0.1) is 22.2 Å². The van der Waals surface area contributed by atoms with Crippen LogP contribution in [0.15, 0.2) is 58.5 Å². The largest absolute Gasteiger partial charge is 0.316 e. The number of rotatable bonds is 6. The van der Waals surface area contributed by atoms with Gasteiger partial charge in [0.25, 0.3) is 5.91 Å². The van der Waals surface area contributed by atoms with Crippen molar-refractivity contribution in [1.82, 2.24) is 9.99 Å². The lowest BCUT2D eigenvalue weighted by atomic mass is 10.2. The van der Waals surface area contributed by atoms with E-state index < -0.39 is 0 Å². The summed E-state index contributed by atoms with van der Waals surface area (Å²) in [7, 11) is 0. The summed E-state index contributed by atoms with van der Waals surface area (Å²) >= 11 is 19.8. The van der Waals surface area contributed by atoms with E-state index in [0.29, 0.717) is 15.1 Å². The third-order valence-electron chi connectivity index (χ3n) is 4.49. The van der Waals surface area contributed by atoms with E-state index in [1.54, 1.807) is 30.5 Å². The molecule has 1 N–H and O–H groups in total. The Morgan fingerprint density at radius 3 is 2.43 bits per heavy atom. The van der Waals surface area contributed by atoms with E-state index in [2.05, 4.69) is 10.5 Å². The smallest absolute Gasteiger partial charge is 0.253 e. The summed E-state index contributed by atoms with van der Waals surface area (Å²) in [6.07, 6.45) is 1.63. The molecule has 0 aliphatic heterocycles. The lowest BCUT2D eigenvalue weighted by molar-refractivity contribution is -0.120. The predicted molar refractivity (Wildman–Crippen MR) is 128 cm³/mol. The second-order valence-electron chi connectivity index (χ2n) is 6.71. The van der Waals surface area contributed by atoms with Crippen molar-refractivity contribution in [1.29, 1.82) is 0 Å². The van der Waals surface area contributed by atoms with Gasteiger partial charge in [0.1, 0.15) is 0 Å². The Morgan fingerprint density at radius 2 is 1.73 bits per heavy atom. The number of thioether (sulfide) groups is 1. The number of halogens is 3. The number of aromatic nitrogens is 1. The van der Waals surface area contributed by atoms with Gasteiger partial charge in [-0.1, -0.05) is 34.8 Å². The highest BCUT2D eigenvalue weighted by Crippen LogP contribution is 2.29. The molecule has 30 heavy (non-hydrogen) atoms. The van der Waals surface area contributed by atoms with Crippen LogP contribution in [0, 0.1) is 13.8 Å². The Morgan fingerprint density at radius 1 is 1.07 bits per heavy atom. The fraction of sp³-hybridized carbons (Fsp3) is 0.182. The van der Waals surface area contributed by atoms with Crippen LogP contribution in [0.3, 0.4) is 0 Å². The third-order valence-corrected chi connectivity index (χ3v) is 6.41. The van der Waals surface area contributed by atoms with Crippen LogP contribution in [-0.4, -0.2) is 21.9 Å². The van der Waals surface area contributed by atoms with E-state index >= 15 is 0 Å². The minimum atomic E-state index is -0.305. The molecule has 8 heteroatoms. The molecule has 1 heterocycles. The first-order valence-corrected chi connectivity index (χ1v) is 11.2. The summed E-state index contributed by atoms with van der Waals surface area (Å²) in [6.45, 7) is 5.77. The lowest BCUT2D eigenvalue weighted by Gasteiger charge is -2.12. The average molecular weight is 481 g/mol. The third kappa shape index (κ3) is 5.41. The van der Waals surface area contributed by atoms with Gasteiger partial charge >= 0.3 is 0 Å². The molecule has 0 saturated heterocycles. The van der Waals surface area contributed by atoms with Gasteiger partial charge in [0.2, 0.25) is 0 Å². The number of hydrogen-bond donors (Lipinski definition) is 1. The molecule has 0 saturated carbocycles. The number of nitrogens with one attached hydrogen (secondary N) is 1. The van der Waals surface area contributed by atoms with Crippen LogP contribution in [0.1, 0.15) is 23.9 Å². The molecule has 1 aromatic heterocycles. The predicted octanol–water partition coefficient (Wildman–Crippen LogP) is 6.69. The Bertz CT molecular complexity index is 1090. The molecule has 4 nitrogen and oxygen atoms in total. The summed E-state index contributed by atoms with van der Waals surface area (Å²) in [4.78, 5) is 13.3. The number of carbonyl (C=O) groups is 1. The zero-order valence-electron chi connectivity index (χ0n) is 16.6. The van der Waals surface area contributed by atoms with E-state index in [-0.39, 0.29) is 11.2 Å². The van der Waals surface area contributed by atoms with Crippen LogP contribution in [0.4, 0.5) is 0 Å². The van der Waals surface area contributed by atoms with Gasteiger partial charge in [-0.2, -0.15) is 5.10 Å². The maximum absolute atomic E-state index is 12.4. The van der Waals surface area contributed by atoms with Crippen LogP contribution in [-0.2, 0) is 4.79 Å². The molecule has 0 aliphatic carbocycles. The van der Waals surface area contributed by atoms with Gasteiger partial charge in [-0.05, 0) is 69.3 Å². The quantitative estimate of drug-likeness (QED) is 0.243. The Labute approximate surface area is 195 Å². The molecule has 0 radical (unpaired) electrons. The topological polar surface area (TPSA) is 46.4 Å². The lowest BCUT2D eigenvalue weighted by Crippen LogP contribution is -2.26. The van der Waals surface area contributed by atoms with Crippen molar-refractivity contribution in [3.8, 4) is 5.69 Å². The molecule has 1 amide bonds. The Kier molecular flexibility index (Phi) is 7.53. The van der Waals surface area contributed by atoms with Gasteiger partial charge in [0, 0.05) is 31.9 Å². The molecule has 0 aliphatic rings. The number of hydrazone groups is 1. The Hall–Kier alpha value is -1.92. The van der Waals surface area contributed by atoms with E-state index in [1.165, 1.54) is 11.8 Å². The summed E-state index contributed by atoms with van der Waals surface area (Å²) < 4.78 is 2.01. The molecular weight excluding hydrogens is 461 g/mol. The molecule has 3 aromatic rings. The van der Waals surface area contributed by atoms with Crippen molar-refractivity contribution < 1.29 is 4.79 Å². The number of hydrogen-bond acceptors (Lipinski definition) is 3. The normalized spacial score (nSPS) is 12.3. The van der Waals surface area contributed by atoms with Gasteiger partial charge < -0.3 is 4.57 Å². The number of amides is 1. The molecule has 1 atom stereocenters. The van der Waals surface area contributed by atoms with E-state index in [4.69, 9.17) is 34.8 Å². The maximum Gasteiger partial charge on any atom is 0.253 e. The molecule has 0 spiro atoms. The number of benzene rings is 2. The molecule has 2 aromatic carbocycles. The standard InChI is InChI=1S/C22H20Cl3N3OS/c1-13-10-16(14(2)28(13)21-11-18(24)6-9-20(21)25)12-26-27-22(29)15(3)30-19-7-4-17(23)5-8-19/h4-12,15H,1-3H3,(H,27,29)/b26-12+. The first kappa shape index (κ1) is 22.8. The van der Waals surface area contributed by atoms with E-state index in [9.17, 15) is 4.79 Å². The first-order chi connectivity index (χ1) is 14.3. The number of aryl methyl sites for hydroxylation is 1. The second-order valence-corrected chi connectivity index (χ2v) is 9.40. The molecule has 0 fully saturated rings. The van der Waals surface area contributed by atoms with E-state index in [0.717, 1.165) is 27.5 Å². The van der Waals surface area contributed by atoms with Gasteiger partial charge in [-0.25, -0.2) is 5.43 Å². The van der Waals surface area contributed by atoms with Gasteiger partial charge in [-0.15, -0.1) is 11.8 Å². The van der Waals surface area contributed by atoms with Gasteiger partial charge in [0.15, 0.2) is 0 Å². The Balaban J connectivity index is 1.70. The van der Waals surface area contributed by atoms with Crippen LogP contribution in [0.2, 0.25) is 15.1 Å². The highest BCUT2D eigenvalue weighted by atomic mass is 35.5. The van der Waals surface area contributed by atoms with Crippen LogP contribution in [0.5, 0.6) is 0 Å². The number of nitrogens with zero attached hydrogens (tertiary/aromatic N) is 2. The molecular formula is C22H20Cl3N3OS. The summed E-state index contributed by atoms with van der Waals surface area (Å²) in [5, 5.41) is 5.71. The summed E-state index contributed by atoms with van der Waals surface area (Å²) in [6, 6.07) is 14.7. The summed E-state index contributed by atoms with van der Waals surface area (Å²) in [5.41, 5.74) is 6.21. The zero-order valence-corrected chi connectivity index (χ0v) is 19.7. The van der Waals surface area contributed by atoms with Crippen molar-refractivity contribution in [2.45, 2.75) is 30.9 Å². The van der Waals surface area contributed by atoms with Crippen molar-refractivity contribution in [3.63, 3.8) is 0 Å². The molecule has 156 valence electrons. The van der Waals surface area contributed by atoms with Crippen LogP contribution < -0.4 is 5.43 Å². The van der Waals surface area contributed by atoms with E-state index in [1.807, 2.05) is 49.6 Å². The molecule has 3 rings (SSSR count). The van der Waals surface area contributed by atoms with Crippen molar-refractivity contribution in [2.75, 3.05) is 0 Å². The van der Waals surface area contributed by atoms with Crippen LogP contribution in [0.25, 0.3) is 5.69 Å². The van der Waals surface area contributed by atoms with Crippen molar-refractivity contribution in [3.05, 3.63) is 80.6 Å². The highest BCUT2D eigenvalue weighted by molar-refractivity contribution is 8.00. The average Bonchev–Trinajstić information content (AvgIpc) is 2.98. The SMILES string of the molecule is Cc1cc(/C=N/NC(=O)C(C)Sc2ccc(Cl)cc2)c(C)n1-c1cc(Cl)ccc1Cl. The van der Waals surface area contributed by atoms with Crippen LogP contribution >= 0.6 is 46.6 Å². The van der Waals surface area contributed by atoms with Crippen molar-refractivity contribution >= 4 is 58.7 Å². The molecule has 1 unspecified atom stereocenters. The highest BCUT2D eigenvalue weighted by Gasteiger charge is 2.15. The fourth-order valence-electron chi connectivity index (χ4n) is 2.97. The first-order valence-electron chi connectivity index (χ1n) is 9.15. The zero-order chi connectivity index (χ0) is 21.8. The minimum Gasteiger partial charge on any atom is -0.316 e. The molecule has 0 bridgehead atoms. The number of carbonyl (C=O) groups excluding carboxylic acids is 1. The van der Waals surface area contributed by atoms with Crippen molar-refractivity contribution in [2.24, 2.45) is 5.10 Å². The monoisotopic (exact) mass is 479 g/mol.